The third kappa shape index (κ3) is 4.54. The molecule has 0 saturated carbocycles. The second kappa shape index (κ2) is 8.31. The van der Waals surface area contributed by atoms with Crippen LogP contribution in [0.15, 0.2) is 60.8 Å². The lowest BCUT2D eigenvalue weighted by atomic mass is 9.88. The second-order valence-electron chi connectivity index (χ2n) is 7.42. The molecule has 2 N–H and O–H groups in total. The van der Waals surface area contributed by atoms with Crippen LogP contribution >= 0.6 is 0 Å². The van der Waals surface area contributed by atoms with E-state index < -0.39 is 6.09 Å². The van der Waals surface area contributed by atoms with Gasteiger partial charge in [-0.1, -0.05) is 24.3 Å². The molecule has 3 aromatic rings. The molecule has 1 aliphatic rings. The minimum absolute atomic E-state index is 0.378. The van der Waals surface area contributed by atoms with Crippen molar-refractivity contribution in [3.63, 3.8) is 0 Å². The lowest BCUT2D eigenvalue weighted by Crippen LogP contribution is -2.36. The van der Waals surface area contributed by atoms with Crippen molar-refractivity contribution in [2.45, 2.75) is 25.7 Å². The Bertz CT molecular complexity index is 1010. The van der Waals surface area contributed by atoms with Crippen LogP contribution in [-0.4, -0.2) is 39.2 Å². The van der Waals surface area contributed by atoms with Crippen molar-refractivity contribution in [1.82, 2.24) is 14.9 Å². The van der Waals surface area contributed by atoms with Crippen LogP contribution in [0.3, 0.4) is 0 Å². The molecule has 29 heavy (non-hydrogen) atoms. The van der Waals surface area contributed by atoms with Crippen LogP contribution < -0.4 is 5.32 Å². The summed E-state index contributed by atoms with van der Waals surface area (Å²) in [6, 6.07) is 18.3. The summed E-state index contributed by atoms with van der Waals surface area (Å²) in [6.45, 7) is 3.21. The zero-order valence-electron chi connectivity index (χ0n) is 16.4. The zero-order chi connectivity index (χ0) is 20.2. The quantitative estimate of drug-likeness (QED) is 0.654. The summed E-state index contributed by atoms with van der Waals surface area (Å²) < 4.78 is 0. The molecule has 3 heterocycles. The minimum atomic E-state index is -0.825. The van der Waals surface area contributed by atoms with Crippen LogP contribution in [0.4, 0.5) is 16.4 Å². The summed E-state index contributed by atoms with van der Waals surface area (Å²) in [5, 5.41) is 12.4. The number of carboxylic acid groups (broad SMARTS) is 1. The molecule has 0 unspecified atom stereocenters. The van der Waals surface area contributed by atoms with Crippen LogP contribution in [0, 0.1) is 6.92 Å². The molecule has 6 heteroatoms. The number of anilines is 2. The number of amides is 1. The Balaban J connectivity index is 1.52. The molecule has 1 saturated heterocycles. The first-order chi connectivity index (χ1) is 14.1. The van der Waals surface area contributed by atoms with Crippen LogP contribution in [0.2, 0.25) is 0 Å². The lowest BCUT2D eigenvalue weighted by molar-refractivity contribution is 0.132. The maximum atomic E-state index is 11.1. The fraction of sp³-hybridized carbons (Fsp3) is 0.261. The largest absolute Gasteiger partial charge is 0.465 e. The highest BCUT2D eigenvalue weighted by Crippen LogP contribution is 2.31. The standard InChI is InChI=1S/C23H24N4O2/c1-16-8-11-24-22(14-16)26-21-7-3-6-20(25-21)19-5-2-4-18(15-19)17-9-12-27(13-10-17)23(28)29/h2-8,11,14-15,17H,9-10,12-13H2,1H3,(H,28,29)(H,24,25,26). The summed E-state index contributed by atoms with van der Waals surface area (Å²) in [5.74, 6) is 1.90. The van der Waals surface area contributed by atoms with E-state index in [0.717, 1.165) is 41.3 Å². The van der Waals surface area contributed by atoms with Crippen molar-refractivity contribution in [1.29, 1.82) is 0 Å². The number of aromatic nitrogens is 2. The molecule has 6 nitrogen and oxygen atoms in total. The van der Waals surface area contributed by atoms with Crippen LogP contribution in [0.25, 0.3) is 11.3 Å². The third-order valence-electron chi connectivity index (χ3n) is 5.34. The van der Waals surface area contributed by atoms with Crippen molar-refractivity contribution in [3.05, 3.63) is 71.9 Å². The first-order valence-corrected chi connectivity index (χ1v) is 9.83. The van der Waals surface area contributed by atoms with E-state index in [4.69, 9.17) is 10.1 Å². The van der Waals surface area contributed by atoms with E-state index in [0.29, 0.717) is 19.0 Å². The van der Waals surface area contributed by atoms with Gasteiger partial charge >= 0.3 is 6.09 Å². The summed E-state index contributed by atoms with van der Waals surface area (Å²) in [6.07, 6.45) is 2.66. The first-order valence-electron chi connectivity index (χ1n) is 9.83. The third-order valence-corrected chi connectivity index (χ3v) is 5.34. The Morgan fingerprint density at radius 1 is 1.07 bits per heavy atom. The second-order valence-corrected chi connectivity index (χ2v) is 7.42. The summed E-state index contributed by atoms with van der Waals surface area (Å²) in [7, 11) is 0. The molecule has 1 aromatic carbocycles. The number of aryl methyl sites for hydroxylation is 1. The van der Waals surface area contributed by atoms with Gasteiger partial charge in [-0.3, -0.25) is 0 Å². The van der Waals surface area contributed by atoms with Crippen molar-refractivity contribution in [2.75, 3.05) is 18.4 Å². The van der Waals surface area contributed by atoms with E-state index >= 15 is 0 Å². The van der Waals surface area contributed by atoms with Gasteiger partial charge in [0, 0.05) is 24.8 Å². The Labute approximate surface area is 170 Å². The highest BCUT2D eigenvalue weighted by Gasteiger charge is 2.23. The van der Waals surface area contributed by atoms with Gasteiger partial charge < -0.3 is 15.3 Å². The predicted molar refractivity (Wildman–Crippen MR) is 114 cm³/mol. The van der Waals surface area contributed by atoms with Crippen molar-refractivity contribution in [2.24, 2.45) is 0 Å². The highest BCUT2D eigenvalue weighted by atomic mass is 16.4. The number of hydrogen-bond acceptors (Lipinski definition) is 4. The van der Waals surface area contributed by atoms with Gasteiger partial charge in [-0.2, -0.15) is 0 Å². The van der Waals surface area contributed by atoms with E-state index in [2.05, 4.69) is 34.6 Å². The maximum Gasteiger partial charge on any atom is 0.407 e. The number of benzene rings is 1. The van der Waals surface area contributed by atoms with Gasteiger partial charge in [0.2, 0.25) is 0 Å². The molecular weight excluding hydrogens is 364 g/mol. The number of piperidine rings is 1. The van der Waals surface area contributed by atoms with Crippen molar-refractivity contribution >= 4 is 17.7 Å². The maximum absolute atomic E-state index is 11.1. The molecule has 0 atom stereocenters. The molecule has 2 aromatic heterocycles. The number of nitrogens with one attached hydrogen (secondary N) is 1. The molecule has 0 radical (unpaired) electrons. The molecule has 1 amide bonds. The van der Waals surface area contributed by atoms with Gasteiger partial charge in [0.05, 0.1) is 5.69 Å². The van der Waals surface area contributed by atoms with Gasteiger partial charge in [0.1, 0.15) is 11.6 Å². The lowest BCUT2D eigenvalue weighted by Gasteiger charge is -2.30. The van der Waals surface area contributed by atoms with Crippen molar-refractivity contribution < 1.29 is 9.90 Å². The number of hydrogen-bond donors (Lipinski definition) is 2. The van der Waals surface area contributed by atoms with E-state index in [1.54, 1.807) is 6.20 Å². The normalized spacial score (nSPS) is 14.6. The highest BCUT2D eigenvalue weighted by molar-refractivity contribution is 5.65. The van der Waals surface area contributed by atoms with Gasteiger partial charge in [0.25, 0.3) is 0 Å². The van der Waals surface area contributed by atoms with Gasteiger partial charge in [-0.25, -0.2) is 14.8 Å². The van der Waals surface area contributed by atoms with E-state index in [-0.39, 0.29) is 0 Å². The average molecular weight is 388 g/mol. The van der Waals surface area contributed by atoms with Crippen LogP contribution in [0.1, 0.15) is 29.9 Å². The minimum Gasteiger partial charge on any atom is -0.465 e. The molecule has 148 valence electrons. The topological polar surface area (TPSA) is 78.4 Å². The molecule has 0 spiro atoms. The summed E-state index contributed by atoms with van der Waals surface area (Å²) in [4.78, 5) is 21.7. The van der Waals surface area contributed by atoms with E-state index in [1.807, 2.05) is 37.3 Å². The van der Waals surface area contributed by atoms with Crippen LogP contribution in [0.5, 0.6) is 0 Å². The zero-order valence-corrected chi connectivity index (χ0v) is 16.4. The van der Waals surface area contributed by atoms with Gasteiger partial charge in [-0.15, -0.1) is 0 Å². The smallest absolute Gasteiger partial charge is 0.407 e. The Morgan fingerprint density at radius 2 is 1.86 bits per heavy atom. The Morgan fingerprint density at radius 3 is 2.62 bits per heavy atom. The van der Waals surface area contributed by atoms with Crippen LogP contribution in [-0.2, 0) is 0 Å². The fourth-order valence-corrected chi connectivity index (χ4v) is 3.76. The van der Waals surface area contributed by atoms with Gasteiger partial charge in [-0.05, 0) is 67.1 Å². The molecular formula is C23H24N4O2. The van der Waals surface area contributed by atoms with E-state index in [1.165, 1.54) is 10.5 Å². The number of rotatable bonds is 4. The molecule has 4 rings (SSSR count). The SMILES string of the molecule is Cc1ccnc(Nc2cccc(-c3cccc(C4CCN(C(=O)O)CC4)c3)n2)c1. The molecule has 0 bridgehead atoms. The number of carbonyl (C=O) groups is 1. The predicted octanol–water partition coefficient (Wildman–Crippen LogP) is 5.05. The fourth-order valence-electron chi connectivity index (χ4n) is 3.76. The first kappa shape index (κ1) is 18.9. The summed E-state index contributed by atoms with van der Waals surface area (Å²) in [5.41, 5.74) is 4.34. The van der Waals surface area contributed by atoms with Crippen molar-refractivity contribution in [3.8, 4) is 11.3 Å². The number of pyridine rings is 2. The number of likely N-dealkylation sites (tertiary alicyclic amines) is 1. The number of nitrogens with zero attached hydrogens (tertiary/aromatic N) is 3. The Hall–Kier alpha value is -3.41. The van der Waals surface area contributed by atoms with E-state index in [9.17, 15) is 4.79 Å². The molecule has 1 fully saturated rings. The monoisotopic (exact) mass is 388 g/mol. The summed E-state index contributed by atoms with van der Waals surface area (Å²) >= 11 is 0. The molecule has 0 aliphatic carbocycles. The Kier molecular flexibility index (Phi) is 5.42. The molecule has 1 aliphatic heterocycles. The average Bonchev–Trinajstić information content (AvgIpc) is 2.74. The van der Waals surface area contributed by atoms with Gasteiger partial charge in [0.15, 0.2) is 0 Å².